The van der Waals surface area contributed by atoms with Crippen LogP contribution in [0, 0.1) is 0 Å². The number of aliphatic hydroxyl groups excluding tert-OH is 1. The molecule has 1 saturated heterocycles. The standard InChI is InChI=1S/C20H37N3O7S/c1-19(2,3)29-17(27)22-13(16(25)26)9-7-8-10-21-15(24)14-11-31-12-23(14)18(28)30-20(4,5)6/h13-15,21,24H,7-12H2,1-6H3,(H,22,27)(H,25,26)/t13-,14-,15?/m0/s1. The van der Waals surface area contributed by atoms with Gasteiger partial charge in [-0.2, -0.15) is 0 Å². The summed E-state index contributed by atoms with van der Waals surface area (Å²) in [5, 5.41) is 25.1. The lowest BCUT2D eigenvalue weighted by molar-refractivity contribution is -0.139. The Kier molecular flexibility index (Phi) is 10.4. The highest BCUT2D eigenvalue weighted by Gasteiger charge is 2.36. The molecule has 0 aromatic carbocycles. The third-order valence-corrected chi connectivity index (χ3v) is 5.21. The SMILES string of the molecule is CC(C)(C)OC(=O)N[C@@H](CCCCNC(O)[C@@H]1CSCN1C(=O)OC(C)(C)C)C(=O)O. The van der Waals surface area contributed by atoms with Gasteiger partial charge in [-0.15, -0.1) is 11.8 Å². The molecule has 11 heteroatoms. The monoisotopic (exact) mass is 463 g/mol. The van der Waals surface area contributed by atoms with Crippen LogP contribution in [0.1, 0.15) is 60.8 Å². The van der Waals surface area contributed by atoms with Crippen molar-refractivity contribution in [1.29, 1.82) is 0 Å². The van der Waals surface area contributed by atoms with Crippen molar-refractivity contribution >= 4 is 29.9 Å². The van der Waals surface area contributed by atoms with Crippen LogP contribution >= 0.6 is 11.8 Å². The number of rotatable bonds is 9. The minimum absolute atomic E-state index is 0.232. The molecule has 31 heavy (non-hydrogen) atoms. The highest BCUT2D eigenvalue weighted by atomic mass is 32.2. The van der Waals surface area contributed by atoms with Crippen LogP contribution in [0.15, 0.2) is 0 Å². The maximum Gasteiger partial charge on any atom is 0.411 e. The zero-order valence-electron chi connectivity index (χ0n) is 19.3. The summed E-state index contributed by atoms with van der Waals surface area (Å²) in [5.41, 5.74) is -1.32. The van der Waals surface area contributed by atoms with Crippen molar-refractivity contribution in [2.45, 2.75) is 90.3 Å². The number of aliphatic hydroxyl groups is 1. The molecule has 1 fully saturated rings. The van der Waals surface area contributed by atoms with E-state index in [1.807, 2.05) is 0 Å². The second-order valence-corrected chi connectivity index (χ2v) is 10.4. The minimum atomic E-state index is -1.13. The summed E-state index contributed by atoms with van der Waals surface area (Å²) in [6.07, 6.45) is -0.812. The number of amides is 2. The lowest BCUT2D eigenvalue weighted by Crippen LogP contribution is -2.51. The van der Waals surface area contributed by atoms with Crippen LogP contribution in [0.25, 0.3) is 0 Å². The third-order valence-electron chi connectivity index (χ3n) is 4.17. The van der Waals surface area contributed by atoms with E-state index in [-0.39, 0.29) is 6.42 Å². The van der Waals surface area contributed by atoms with Gasteiger partial charge in [0.25, 0.3) is 0 Å². The van der Waals surface area contributed by atoms with Crippen LogP contribution in [0.2, 0.25) is 0 Å². The smallest absolute Gasteiger partial charge is 0.411 e. The number of alkyl carbamates (subject to hydrolysis) is 1. The molecule has 1 heterocycles. The Morgan fingerprint density at radius 2 is 1.71 bits per heavy atom. The predicted octanol–water partition coefficient (Wildman–Crippen LogP) is 2.35. The van der Waals surface area contributed by atoms with Gasteiger partial charge in [0, 0.05) is 5.75 Å². The number of nitrogens with one attached hydrogen (secondary N) is 2. The molecule has 0 aliphatic carbocycles. The van der Waals surface area contributed by atoms with Crippen molar-refractivity contribution in [2.75, 3.05) is 18.2 Å². The molecule has 0 radical (unpaired) electrons. The number of unbranched alkanes of at least 4 members (excludes halogenated alkanes) is 1. The second-order valence-electron chi connectivity index (χ2n) is 9.45. The molecule has 0 spiro atoms. The quantitative estimate of drug-likeness (QED) is 0.300. The van der Waals surface area contributed by atoms with Gasteiger partial charge in [0.1, 0.15) is 23.5 Å². The molecule has 1 aliphatic rings. The number of thioether (sulfide) groups is 1. The molecule has 4 N–H and O–H groups in total. The molecule has 1 aliphatic heterocycles. The number of hydrogen-bond donors (Lipinski definition) is 4. The molecule has 2 amide bonds. The number of carbonyl (C=O) groups is 3. The van der Waals surface area contributed by atoms with Crippen LogP contribution in [0.5, 0.6) is 0 Å². The summed E-state index contributed by atoms with van der Waals surface area (Å²) in [5.74, 6) is -0.0849. The van der Waals surface area contributed by atoms with Crippen molar-refractivity contribution in [3.63, 3.8) is 0 Å². The fourth-order valence-electron chi connectivity index (χ4n) is 2.79. The molecule has 0 aromatic heterocycles. The first-order chi connectivity index (χ1) is 14.2. The zero-order valence-corrected chi connectivity index (χ0v) is 20.1. The Labute approximate surface area is 188 Å². The summed E-state index contributed by atoms with van der Waals surface area (Å²) < 4.78 is 10.5. The van der Waals surface area contributed by atoms with E-state index in [4.69, 9.17) is 9.47 Å². The van der Waals surface area contributed by atoms with Gasteiger partial charge < -0.3 is 25.0 Å². The minimum Gasteiger partial charge on any atom is -0.480 e. The Balaban J connectivity index is 2.39. The Morgan fingerprint density at radius 3 is 2.26 bits per heavy atom. The maximum absolute atomic E-state index is 12.3. The average Bonchev–Trinajstić information content (AvgIpc) is 3.07. The number of hydrogen-bond acceptors (Lipinski definition) is 8. The van der Waals surface area contributed by atoms with Crippen LogP contribution in [0.3, 0.4) is 0 Å². The molecule has 3 atom stereocenters. The van der Waals surface area contributed by atoms with E-state index in [9.17, 15) is 24.6 Å². The van der Waals surface area contributed by atoms with Crippen molar-refractivity contribution in [3.8, 4) is 0 Å². The molecule has 0 saturated carbocycles. The van der Waals surface area contributed by atoms with E-state index in [2.05, 4.69) is 10.6 Å². The Morgan fingerprint density at radius 1 is 1.10 bits per heavy atom. The first-order valence-corrected chi connectivity index (χ1v) is 11.6. The summed E-state index contributed by atoms with van der Waals surface area (Å²) in [7, 11) is 0. The zero-order chi connectivity index (χ0) is 23.8. The number of nitrogens with zero attached hydrogens (tertiary/aromatic N) is 1. The summed E-state index contributed by atoms with van der Waals surface area (Å²) in [4.78, 5) is 37.0. The van der Waals surface area contributed by atoms with Gasteiger partial charge in [-0.3, -0.25) is 10.2 Å². The van der Waals surface area contributed by atoms with Crippen LogP contribution in [0.4, 0.5) is 9.59 Å². The second kappa shape index (κ2) is 11.8. The number of carboxylic acids is 1. The molecule has 10 nitrogen and oxygen atoms in total. The van der Waals surface area contributed by atoms with Crippen molar-refractivity contribution in [1.82, 2.24) is 15.5 Å². The first-order valence-electron chi connectivity index (χ1n) is 10.4. The highest BCUT2D eigenvalue weighted by molar-refractivity contribution is 7.99. The normalized spacial score (nSPS) is 18.9. The van der Waals surface area contributed by atoms with Crippen LogP contribution in [-0.2, 0) is 14.3 Å². The fraction of sp³-hybridized carbons (Fsp3) is 0.850. The first kappa shape index (κ1) is 27.3. The van der Waals surface area contributed by atoms with E-state index in [1.54, 1.807) is 53.3 Å². The summed E-state index contributed by atoms with van der Waals surface area (Å²) in [6, 6.07) is -1.45. The Hall–Kier alpha value is -1.72. The van der Waals surface area contributed by atoms with E-state index >= 15 is 0 Å². The van der Waals surface area contributed by atoms with Gasteiger partial charge in [-0.05, 0) is 67.3 Å². The molecule has 1 unspecified atom stereocenters. The number of carboxylic acid groups (broad SMARTS) is 1. The van der Waals surface area contributed by atoms with Gasteiger partial charge in [0.15, 0.2) is 0 Å². The van der Waals surface area contributed by atoms with E-state index < -0.39 is 47.7 Å². The summed E-state index contributed by atoms with van der Waals surface area (Å²) in [6.45, 7) is 10.9. The van der Waals surface area contributed by atoms with Crippen molar-refractivity contribution < 1.29 is 34.1 Å². The molecule has 180 valence electrons. The lowest BCUT2D eigenvalue weighted by Gasteiger charge is -2.30. The predicted molar refractivity (Wildman–Crippen MR) is 118 cm³/mol. The van der Waals surface area contributed by atoms with Gasteiger partial charge in [-0.1, -0.05) is 0 Å². The summed E-state index contributed by atoms with van der Waals surface area (Å²) >= 11 is 1.54. The molecule has 1 rings (SSSR count). The molecule has 0 aromatic rings. The van der Waals surface area contributed by atoms with Gasteiger partial charge in [0.2, 0.25) is 0 Å². The third kappa shape index (κ3) is 10.9. The average molecular weight is 464 g/mol. The number of ether oxygens (including phenoxy) is 2. The highest BCUT2D eigenvalue weighted by Crippen LogP contribution is 2.25. The van der Waals surface area contributed by atoms with E-state index in [0.717, 1.165) is 0 Å². The topological polar surface area (TPSA) is 137 Å². The van der Waals surface area contributed by atoms with Gasteiger partial charge in [-0.25, -0.2) is 14.4 Å². The Bertz CT molecular complexity index is 619. The van der Waals surface area contributed by atoms with Gasteiger partial charge >= 0.3 is 18.2 Å². The number of aliphatic carboxylic acids is 1. The van der Waals surface area contributed by atoms with Crippen molar-refractivity contribution in [2.24, 2.45) is 0 Å². The molecular weight excluding hydrogens is 426 g/mol. The molecule has 0 bridgehead atoms. The van der Waals surface area contributed by atoms with Crippen LogP contribution < -0.4 is 10.6 Å². The van der Waals surface area contributed by atoms with E-state index in [0.29, 0.717) is 31.0 Å². The largest absolute Gasteiger partial charge is 0.480 e. The fourth-order valence-corrected chi connectivity index (χ4v) is 4.00. The molecular formula is C20H37N3O7S. The lowest BCUT2D eigenvalue weighted by atomic mass is 10.1. The number of carbonyl (C=O) groups excluding carboxylic acids is 2. The van der Waals surface area contributed by atoms with Gasteiger partial charge in [0.05, 0.1) is 11.9 Å². The van der Waals surface area contributed by atoms with E-state index in [1.165, 1.54) is 4.90 Å². The maximum atomic E-state index is 12.3. The van der Waals surface area contributed by atoms with Crippen molar-refractivity contribution in [3.05, 3.63) is 0 Å². The van der Waals surface area contributed by atoms with Crippen LogP contribution in [-0.4, -0.2) is 81.0 Å².